The molecule has 3 rings (SSSR count). The summed E-state index contributed by atoms with van der Waals surface area (Å²) in [6, 6.07) is 0. The van der Waals surface area contributed by atoms with E-state index in [0.29, 0.717) is 5.92 Å². The van der Waals surface area contributed by atoms with Gasteiger partial charge in [-0.2, -0.15) is 0 Å². The zero-order valence-electron chi connectivity index (χ0n) is 10.5. The third kappa shape index (κ3) is 2.18. The van der Waals surface area contributed by atoms with Crippen LogP contribution in [0.25, 0.3) is 0 Å². The van der Waals surface area contributed by atoms with Crippen LogP contribution in [0.4, 0.5) is 0 Å². The van der Waals surface area contributed by atoms with Gasteiger partial charge in [-0.05, 0) is 32.1 Å². The number of hydrogen-bond donors (Lipinski definition) is 1. The van der Waals surface area contributed by atoms with Gasteiger partial charge in [0.15, 0.2) is 0 Å². The fraction of sp³-hybridized carbons (Fsp3) is 0.714. The number of rotatable bonds is 2. The molecule has 2 aliphatic carbocycles. The van der Waals surface area contributed by atoms with Crippen LogP contribution in [0.3, 0.4) is 0 Å². The number of carboxylic acids is 1. The molecule has 1 saturated carbocycles. The first-order valence-corrected chi connectivity index (χ1v) is 7.79. The van der Waals surface area contributed by atoms with Crippen molar-refractivity contribution < 1.29 is 9.90 Å². The Kier molecular flexibility index (Phi) is 3.37. The number of nitrogens with zero attached hydrogens (tertiary/aromatic N) is 1. The average molecular weight is 265 g/mol. The largest absolute Gasteiger partial charge is 0.481 e. The Morgan fingerprint density at radius 3 is 2.67 bits per heavy atom. The van der Waals surface area contributed by atoms with E-state index in [1.165, 1.54) is 42.0 Å². The minimum absolute atomic E-state index is 0.345. The van der Waals surface area contributed by atoms with Crippen LogP contribution in [0.15, 0.2) is 0 Å². The molecule has 18 heavy (non-hydrogen) atoms. The van der Waals surface area contributed by atoms with Gasteiger partial charge in [0.25, 0.3) is 0 Å². The summed E-state index contributed by atoms with van der Waals surface area (Å²) in [5.41, 5.74) is 0.888. The molecule has 1 N–H and O–H groups in total. The summed E-state index contributed by atoms with van der Waals surface area (Å²) >= 11 is 1.79. The van der Waals surface area contributed by atoms with E-state index in [2.05, 4.69) is 0 Å². The maximum atomic E-state index is 11.3. The van der Waals surface area contributed by atoms with E-state index in [-0.39, 0.29) is 5.92 Å². The van der Waals surface area contributed by atoms with Crippen LogP contribution in [-0.4, -0.2) is 16.1 Å². The highest BCUT2D eigenvalue weighted by atomic mass is 32.1. The third-order valence-electron chi connectivity index (χ3n) is 4.22. The highest BCUT2D eigenvalue weighted by molar-refractivity contribution is 7.11. The molecular weight excluding hydrogens is 246 g/mol. The molecule has 2 aliphatic rings. The van der Waals surface area contributed by atoms with Crippen LogP contribution in [-0.2, 0) is 11.2 Å². The second-order valence-electron chi connectivity index (χ2n) is 5.48. The molecule has 98 valence electrons. The van der Waals surface area contributed by atoms with Crippen molar-refractivity contribution >= 4 is 17.3 Å². The van der Waals surface area contributed by atoms with E-state index in [9.17, 15) is 9.90 Å². The Morgan fingerprint density at radius 2 is 1.94 bits per heavy atom. The maximum absolute atomic E-state index is 11.3. The summed E-state index contributed by atoms with van der Waals surface area (Å²) in [7, 11) is 0. The Hall–Kier alpha value is -0.900. The summed E-state index contributed by atoms with van der Waals surface area (Å²) < 4.78 is 0. The van der Waals surface area contributed by atoms with Crippen molar-refractivity contribution in [1.29, 1.82) is 0 Å². The summed E-state index contributed by atoms with van der Waals surface area (Å²) in [5, 5.41) is 10.5. The van der Waals surface area contributed by atoms with Gasteiger partial charge in [0, 0.05) is 10.8 Å². The van der Waals surface area contributed by atoms with Crippen LogP contribution < -0.4 is 0 Å². The molecule has 4 heteroatoms. The zero-order valence-corrected chi connectivity index (χ0v) is 11.3. The zero-order chi connectivity index (χ0) is 12.5. The van der Waals surface area contributed by atoms with Crippen molar-refractivity contribution in [1.82, 2.24) is 4.98 Å². The number of aliphatic carboxylic acids is 1. The second-order valence-corrected chi connectivity index (χ2v) is 6.59. The van der Waals surface area contributed by atoms with Crippen LogP contribution in [0.5, 0.6) is 0 Å². The summed E-state index contributed by atoms with van der Waals surface area (Å²) in [5.74, 6) is -0.442. The highest BCUT2D eigenvalue weighted by Gasteiger charge is 2.31. The second kappa shape index (κ2) is 5.00. The molecule has 1 fully saturated rings. The molecule has 0 aliphatic heterocycles. The monoisotopic (exact) mass is 265 g/mol. The standard InChI is InChI=1S/C14H19NO2S/c16-14(17)10-7-4-8-11-12(10)15-13(18-11)9-5-2-1-3-6-9/h9-10H,1-8H2,(H,16,17). The molecule has 0 bridgehead atoms. The van der Waals surface area contributed by atoms with Crippen LogP contribution >= 0.6 is 11.3 Å². The smallest absolute Gasteiger partial charge is 0.312 e. The number of aryl methyl sites for hydroxylation is 1. The predicted octanol–water partition coefficient (Wildman–Crippen LogP) is 3.70. The molecule has 1 heterocycles. The van der Waals surface area contributed by atoms with Crippen molar-refractivity contribution in [2.24, 2.45) is 0 Å². The SMILES string of the molecule is O=C(O)C1CCCc2sc(C3CCCCC3)nc21. The van der Waals surface area contributed by atoms with Crippen molar-refractivity contribution in [3.63, 3.8) is 0 Å². The predicted molar refractivity (Wildman–Crippen MR) is 71.3 cm³/mol. The highest BCUT2D eigenvalue weighted by Crippen LogP contribution is 2.40. The normalized spacial score (nSPS) is 24.8. The molecule has 0 radical (unpaired) electrons. The van der Waals surface area contributed by atoms with Crippen molar-refractivity contribution in [2.75, 3.05) is 0 Å². The lowest BCUT2D eigenvalue weighted by Crippen LogP contribution is -2.17. The van der Waals surface area contributed by atoms with Gasteiger partial charge in [0.2, 0.25) is 0 Å². The molecule has 0 amide bonds. The first-order chi connectivity index (χ1) is 8.75. The van der Waals surface area contributed by atoms with Crippen LogP contribution in [0.2, 0.25) is 0 Å². The lowest BCUT2D eigenvalue weighted by Gasteiger charge is -2.19. The summed E-state index contributed by atoms with van der Waals surface area (Å²) in [4.78, 5) is 17.2. The minimum atomic E-state index is -0.698. The van der Waals surface area contributed by atoms with E-state index in [1.54, 1.807) is 11.3 Å². The number of hydrogen-bond acceptors (Lipinski definition) is 3. The van der Waals surface area contributed by atoms with Crippen LogP contribution in [0.1, 0.15) is 72.4 Å². The number of thiazole rings is 1. The number of aromatic nitrogens is 1. The Morgan fingerprint density at radius 1 is 1.17 bits per heavy atom. The van der Waals surface area contributed by atoms with Gasteiger partial charge in [-0.15, -0.1) is 11.3 Å². The molecule has 0 aromatic carbocycles. The maximum Gasteiger partial charge on any atom is 0.312 e. The molecule has 1 unspecified atom stereocenters. The lowest BCUT2D eigenvalue weighted by atomic mass is 9.89. The number of carboxylic acid groups (broad SMARTS) is 1. The lowest BCUT2D eigenvalue weighted by molar-refractivity contribution is -0.139. The van der Waals surface area contributed by atoms with Gasteiger partial charge in [-0.25, -0.2) is 4.98 Å². The molecular formula is C14H19NO2S. The molecule has 1 aromatic rings. The van der Waals surface area contributed by atoms with Gasteiger partial charge >= 0.3 is 5.97 Å². The minimum Gasteiger partial charge on any atom is -0.481 e. The fourth-order valence-electron chi connectivity index (χ4n) is 3.20. The number of carbonyl (C=O) groups is 1. The van der Waals surface area contributed by atoms with E-state index in [4.69, 9.17) is 4.98 Å². The van der Waals surface area contributed by atoms with Gasteiger partial charge in [-0.3, -0.25) is 4.79 Å². The van der Waals surface area contributed by atoms with Crippen LogP contribution in [0, 0.1) is 0 Å². The Balaban J connectivity index is 1.88. The number of fused-ring (bicyclic) bond motifs is 1. The Labute approximate surface area is 111 Å². The fourth-order valence-corrected chi connectivity index (χ4v) is 4.54. The van der Waals surface area contributed by atoms with Crippen molar-refractivity contribution in [3.05, 3.63) is 15.6 Å². The summed E-state index contributed by atoms with van der Waals surface area (Å²) in [6.45, 7) is 0. The van der Waals surface area contributed by atoms with Gasteiger partial charge < -0.3 is 5.11 Å². The topological polar surface area (TPSA) is 50.2 Å². The van der Waals surface area contributed by atoms with Crippen molar-refractivity contribution in [3.8, 4) is 0 Å². The van der Waals surface area contributed by atoms with Crippen molar-refractivity contribution in [2.45, 2.75) is 63.2 Å². The molecule has 1 aromatic heterocycles. The first-order valence-electron chi connectivity index (χ1n) is 6.98. The Bertz CT molecular complexity index is 449. The van der Waals surface area contributed by atoms with E-state index >= 15 is 0 Å². The summed E-state index contributed by atoms with van der Waals surface area (Å²) in [6.07, 6.45) is 9.22. The van der Waals surface area contributed by atoms with E-state index < -0.39 is 5.97 Å². The van der Waals surface area contributed by atoms with E-state index in [0.717, 1.165) is 25.0 Å². The molecule has 0 saturated heterocycles. The molecule has 0 spiro atoms. The molecule has 3 nitrogen and oxygen atoms in total. The van der Waals surface area contributed by atoms with Gasteiger partial charge in [0.1, 0.15) is 0 Å². The quantitative estimate of drug-likeness (QED) is 0.887. The third-order valence-corrected chi connectivity index (χ3v) is 5.52. The molecule has 1 atom stereocenters. The first kappa shape index (κ1) is 12.2. The van der Waals surface area contributed by atoms with E-state index in [1.807, 2.05) is 0 Å². The van der Waals surface area contributed by atoms with Gasteiger partial charge in [-0.1, -0.05) is 19.3 Å². The van der Waals surface area contributed by atoms with Gasteiger partial charge in [0.05, 0.1) is 16.6 Å². The average Bonchev–Trinajstić information content (AvgIpc) is 2.83.